The van der Waals surface area contributed by atoms with Gasteiger partial charge < -0.3 is 24.8 Å². The topological polar surface area (TPSA) is 95.2 Å². The van der Waals surface area contributed by atoms with Gasteiger partial charge in [0.2, 0.25) is 5.91 Å². The van der Waals surface area contributed by atoms with E-state index in [9.17, 15) is 4.79 Å². The number of hydrogen-bond donors (Lipinski definition) is 2. The molecule has 9 heteroatoms. The minimum atomic E-state index is -0.00449. The summed E-state index contributed by atoms with van der Waals surface area (Å²) in [6.45, 7) is 9.83. The number of aryl methyl sites for hydroxylation is 2. The number of aromatic nitrogens is 1. The molecule has 0 spiro atoms. The van der Waals surface area contributed by atoms with Crippen LogP contribution in [-0.2, 0) is 16.1 Å². The van der Waals surface area contributed by atoms with Crippen LogP contribution in [0, 0.1) is 13.8 Å². The van der Waals surface area contributed by atoms with Crippen LogP contribution in [0.15, 0.2) is 9.52 Å². The second-order valence-electron chi connectivity index (χ2n) is 6.84. The molecular formula is C18H32N6O3. The number of hydrogen-bond acceptors (Lipinski definition) is 6. The number of ether oxygens (including phenoxy) is 1. The van der Waals surface area contributed by atoms with Crippen LogP contribution in [0.25, 0.3) is 0 Å². The Kier molecular flexibility index (Phi) is 8.53. The lowest BCUT2D eigenvalue weighted by molar-refractivity contribution is -0.127. The number of carbonyl (C=O) groups excluding carboxylic acids is 1. The monoisotopic (exact) mass is 380 g/mol. The molecule has 1 saturated heterocycles. The summed E-state index contributed by atoms with van der Waals surface area (Å²) in [5.74, 6) is 1.38. The molecule has 9 nitrogen and oxygen atoms in total. The first-order chi connectivity index (χ1) is 13.0. The summed E-state index contributed by atoms with van der Waals surface area (Å²) in [7, 11) is 3.47. The number of guanidine groups is 1. The average Bonchev–Trinajstić information content (AvgIpc) is 2.98. The Bertz CT molecular complexity index is 603. The third-order valence-electron chi connectivity index (χ3n) is 4.53. The first-order valence-corrected chi connectivity index (χ1v) is 9.41. The molecule has 0 atom stereocenters. The molecule has 1 aromatic rings. The summed E-state index contributed by atoms with van der Waals surface area (Å²) in [6, 6.07) is 0. The van der Waals surface area contributed by atoms with Gasteiger partial charge in [0.05, 0.1) is 32.0 Å². The number of morpholine rings is 1. The molecular weight excluding hydrogens is 348 g/mol. The minimum absolute atomic E-state index is 0.00449. The predicted octanol–water partition coefficient (Wildman–Crippen LogP) is 0.137. The number of amides is 1. The van der Waals surface area contributed by atoms with Gasteiger partial charge in [-0.3, -0.25) is 9.69 Å². The van der Waals surface area contributed by atoms with E-state index < -0.39 is 0 Å². The fraction of sp³-hybridized carbons (Fsp3) is 0.722. The summed E-state index contributed by atoms with van der Waals surface area (Å²) in [4.78, 5) is 20.4. The number of nitrogens with zero attached hydrogens (tertiary/aromatic N) is 4. The maximum atomic E-state index is 11.9. The second-order valence-corrected chi connectivity index (χ2v) is 6.84. The highest BCUT2D eigenvalue weighted by molar-refractivity contribution is 5.86. The van der Waals surface area contributed by atoms with E-state index in [1.165, 1.54) is 0 Å². The van der Waals surface area contributed by atoms with E-state index in [1.54, 1.807) is 19.0 Å². The summed E-state index contributed by atoms with van der Waals surface area (Å²) >= 11 is 0. The van der Waals surface area contributed by atoms with E-state index in [-0.39, 0.29) is 12.5 Å². The van der Waals surface area contributed by atoms with Crippen molar-refractivity contribution in [2.45, 2.75) is 26.8 Å². The molecule has 0 aromatic carbocycles. The standard InChI is InChI=1S/C18H32N6O3/c1-14-16(15(2)27-22-14)12-20-18(21-13-17(25)23(3)4)19-6-5-7-24-8-10-26-11-9-24/h5-13H2,1-4H3,(H2,19,20,21). The lowest BCUT2D eigenvalue weighted by atomic mass is 10.2. The van der Waals surface area contributed by atoms with Crippen LogP contribution in [0.2, 0.25) is 0 Å². The molecule has 0 saturated carbocycles. The zero-order chi connectivity index (χ0) is 19.6. The molecule has 1 aromatic heterocycles. The molecule has 0 aliphatic carbocycles. The molecule has 27 heavy (non-hydrogen) atoms. The highest BCUT2D eigenvalue weighted by Gasteiger charge is 2.11. The zero-order valence-electron chi connectivity index (χ0n) is 16.9. The molecule has 2 N–H and O–H groups in total. The summed E-state index contributed by atoms with van der Waals surface area (Å²) in [6.07, 6.45) is 0.994. The minimum Gasteiger partial charge on any atom is -0.379 e. The predicted molar refractivity (Wildman–Crippen MR) is 104 cm³/mol. The average molecular weight is 380 g/mol. The first-order valence-electron chi connectivity index (χ1n) is 9.41. The molecule has 0 bridgehead atoms. The molecule has 1 amide bonds. The Morgan fingerprint density at radius 3 is 2.63 bits per heavy atom. The van der Waals surface area contributed by atoms with Gasteiger partial charge in [-0.2, -0.15) is 0 Å². The van der Waals surface area contributed by atoms with Crippen LogP contribution >= 0.6 is 0 Å². The molecule has 0 radical (unpaired) electrons. The van der Waals surface area contributed by atoms with Gasteiger partial charge in [0, 0.05) is 39.3 Å². The number of aliphatic imine (C=N–C) groups is 1. The zero-order valence-corrected chi connectivity index (χ0v) is 16.9. The van der Waals surface area contributed by atoms with Crippen molar-refractivity contribution in [2.75, 3.05) is 60.0 Å². The van der Waals surface area contributed by atoms with Gasteiger partial charge in [-0.15, -0.1) is 0 Å². The van der Waals surface area contributed by atoms with Crippen molar-refractivity contribution in [1.29, 1.82) is 0 Å². The van der Waals surface area contributed by atoms with E-state index in [2.05, 4.69) is 25.7 Å². The third kappa shape index (κ3) is 7.18. The van der Waals surface area contributed by atoms with Crippen molar-refractivity contribution in [1.82, 2.24) is 25.6 Å². The Morgan fingerprint density at radius 1 is 1.26 bits per heavy atom. The summed E-state index contributed by atoms with van der Waals surface area (Å²) in [5, 5.41) is 10.4. The lowest BCUT2D eigenvalue weighted by Gasteiger charge is -2.26. The second kappa shape index (κ2) is 10.9. The number of likely N-dealkylation sites (N-methyl/N-ethyl adjacent to an activating group) is 1. The molecule has 1 fully saturated rings. The third-order valence-corrected chi connectivity index (χ3v) is 4.53. The van der Waals surface area contributed by atoms with E-state index in [4.69, 9.17) is 9.26 Å². The van der Waals surface area contributed by atoms with Gasteiger partial charge in [0.15, 0.2) is 5.96 Å². The highest BCUT2D eigenvalue weighted by Crippen LogP contribution is 2.12. The summed E-state index contributed by atoms with van der Waals surface area (Å²) < 4.78 is 10.6. The van der Waals surface area contributed by atoms with Gasteiger partial charge in [-0.05, 0) is 26.8 Å². The van der Waals surface area contributed by atoms with Crippen LogP contribution in [0.1, 0.15) is 23.4 Å². The van der Waals surface area contributed by atoms with Crippen molar-refractivity contribution in [3.8, 4) is 0 Å². The summed E-state index contributed by atoms with van der Waals surface area (Å²) in [5.41, 5.74) is 1.82. The number of rotatable bonds is 8. The lowest BCUT2D eigenvalue weighted by Crippen LogP contribution is -2.44. The maximum absolute atomic E-state index is 11.9. The van der Waals surface area contributed by atoms with Crippen LogP contribution in [0.3, 0.4) is 0 Å². The Hall–Kier alpha value is -2.13. The van der Waals surface area contributed by atoms with Crippen LogP contribution < -0.4 is 10.6 Å². The normalized spacial score (nSPS) is 15.6. The largest absolute Gasteiger partial charge is 0.379 e. The van der Waals surface area contributed by atoms with E-state index in [0.717, 1.165) is 62.8 Å². The van der Waals surface area contributed by atoms with Crippen LogP contribution in [-0.4, -0.2) is 86.9 Å². The fourth-order valence-electron chi connectivity index (χ4n) is 2.71. The van der Waals surface area contributed by atoms with Crippen molar-refractivity contribution >= 4 is 11.9 Å². The van der Waals surface area contributed by atoms with Crippen molar-refractivity contribution in [2.24, 2.45) is 4.99 Å². The first kappa shape index (κ1) is 21.2. The molecule has 152 valence electrons. The molecule has 0 unspecified atom stereocenters. The van der Waals surface area contributed by atoms with Crippen molar-refractivity contribution in [3.05, 3.63) is 17.0 Å². The van der Waals surface area contributed by atoms with Crippen LogP contribution in [0.4, 0.5) is 0 Å². The molecule has 2 heterocycles. The van der Waals surface area contributed by atoms with Gasteiger partial charge in [-0.25, -0.2) is 4.99 Å². The van der Waals surface area contributed by atoms with E-state index in [0.29, 0.717) is 12.5 Å². The van der Waals surface area contributed by atoms with Gasteiger partial charge in [0.1, 0.15) is 5.76 Å². The Labute approximate surface area is 161 Å². The van der Waals surface area contributed by atoms with Gasteiger partial charge in [-0.1, -0.05) is 5.16 Å². The Balaban J connectivity index is 1.86. The van der Waals surface area contributed by atoms with Crippen LogP contribution in [0.5, 0.6) is 0 Å². The number of carbonyl (C=O) groups is 1. The van der Waals surface area contributed by atoms with Crippen molar-refractivity contribution in [3.63, 3.8) is 0 Å². The van der Waals surface area contributed by atoms with E-state index in [1.807, 2.05) is 13.8 Å². The SMILES string of the molecule is Cc1noc(C)c1CN=C(NCCCN1CCOCC1)NCC(=O)N(C)C. The van der Waals surface area contributed by atoms with E-state index >= 15 is 0 Å². The molecule has 1 aliphatic heterocycles. The Morgan fingerprint density at radius 2 is 2.00 bits per heavy atom. The van der Waals surface area contributed by atoms with Gasteiger partial charge >= 0.3 is 0 Å². The fourth-order valence-corrected chi connectivity index (χ4v) is 2.71. The maximum Gasteiger partial charge on any atom is 0.241 e. The smallest absolute Gasteiger partial charge is 0.241 e. The van der Waals surface area contributed by atoms with Crippen molar-refractivity contribution < 1.29 is 14.1 Å². The quantitative estimate of drug-likeness (QED) is 0.376. The molecule has 1 aliphatic rings. The highest BCUT2D eigenvalue weighted by atomic mass is 16.5. The number of nitrogens with one attached hydrogen (secondary N) is 2. The molecule has 2 rings (SSSR count). The van der Waals surface area contributed by atoms with Gasteiger partial charge in [0.25, 0.3) is 0 Å².